The van der Waals surface area contributed by atoms with E-state index in [9.17, 15) is 9.18 Å². The Kier molecular flexibility index (Phi) is 11.1. The Bertz CT molecular complexity index is 1110. The summed E-state index contributed by atoms with van der Waals surface area (Å²) in [7, 11) is 0. The second-order valence-electron chi connectivity index (χ2n) is 8.32. The molecule has 1 aliphatic heterocycles. The second kappa shape index (κ2) is 13.8. The first-order valence-electron chi connectivity index (χ1n) is 11.5. The summed E-state index contributed by atoms with van der Waals surface area (Å²) in [6, 6.07) is 10.3. The molecule has 1 fully saturated rings. The number of hydrogen-bond donors (Lipinski definition) is 0. The van der Waals surface area contributed by atoms with Gasteiger partial charge in [0.2, 0.25) is 5.91 Å². The molecular formula is C25H30Cl2FN3O2S2. The van der Waals surface area contributed by atoms with Gasteiger partial charge in [-0.15, -0.1) is 24.2 Å². The number of amides is 1. The van der Waals surface area contributed by atoms with Crippen molar-refractivity contribution in [2.24, 2.45) is 0 Å². The number of fused-ring (bicyclic) bond motifs is 1. The van der Waals surface area contributed by atoms with Crippen LogP contribution in [0.25, 0.3) is 10.2 Å². The van der Waals surface area contributed by atoms with E-state index in [-0.39, 0.29) is 24.1 Å². The number of carbonyl (C=O) groups is 1. The number of hydrogen-bond acceptors (Lipinski definition) is 6. The highest BCUT2D eigenvalue weighted by Gasteiger charge is 2.21. The van der Waals surface area contributed by atoms with E-state index < -0.39 is 0 Å². The molecule has 1 aliphatic rings. The fourth-order valence-corrected chi connectivity index (χ4v) is 6.26. The number of rotatable bonds is 10. The van der Waals surface area contributed by atoms with Gasteiger partial charge >= 0.3 is 0 Å². The Balaban J connectivity index is 0.00000342. The normalized spacial score (nSPS) is 14.1. The van der Waals surface area contributed by atoms with Crippen LogP contribution < -0.4 is 4.90 Å². The molecule has 0 N–H and O–H groups in total. The number of aromatic nitrogens is 1. The number of ether oxygens (including phenoxy) is 1. The zero-order valence-electron chi connectivity index (χ0n) is 19.7. The summed E-state index contributed by atoms with van der Waals surface area (Å²) in [5, 5.41) is 1.42. The molecule has 0 atom stereocenters. The van der Waals surface area contributed by atoms with Crippen LogP contribution in [0.2, 0.25) is 5.02 Å². The lowest BCUT2D eigenvalue weighted by molar-refractivity contribution is -0.118. The lowest BCUT2D eigenvalue weighted by Crippen LogP contribution is -2.39. The summed E-state index contributed by atoms with van der Waals surface area (Å²) < 4.78 is 19.5. The number of aryl methyl sites for hydroxylation is 1. The van der Waals surface area contributed by atoms with Gasteiger partial charge in [-0.1, -0.05) is 22.9 Å². The maximum atomic E-state index is 13.3. The van der Waals surface area contributed by atoms with E-state index in [0.29, 0.717) is 18.0 Å². The highest BCUT2D eigenvalue weighted by molar-refractivity contribution is 7.99. The molecular weight excluding hydrogens is 528 g/mol. The van der Waals surface area contributed by atoms with Crippen molar-refractivity contribution >= 4 is 68.4 Å². The third kappa shape index (κ3) is 8.03. The van der Waals surface area contributed by atoms with Crippen LogP contribution in [0, 0.1) is 12.7 Å². The van der Waals surface area contributed by atoms with E-state index in [4.69, 9.17) is 21.3 Å². The van der Waals surface area contributed by atoms with Crippen molar-refractivity contribution in [3.63, 3.8) is 0 Å². The SMILES string of the molecule is Cc1cc(Cl)cc2sc(N(CCCN3CCOCC3)C(=O)CCCSc3ccc(F)cc3)nc12.Cl. The van der Waals surface area contributed by atoms with Gasteiger partial charge in [0.05, 0.1) is 23.4 Å². The van der Waals surface area contributed by atoms with Gasteiger partial charge in [-0.2, -0.15) is 0 Å². The minimum absolute atomic E-state index is 0. The van der Waals surface area contributed by atoms with E-state index in [1.807, 2.05) is 24.0 Å². The zero-order valence-corrected chi connectivity index (χ0v) is 22.9. The molecule has 2 heterocycles. The number of morpholine rings is 1. The third-order valence-corrected chi connectivity index (χ3v) is 8.09. The lowest BCUT2D eigenvalue weighted by atomic mass is 10.2. The zero-order chi connectivity index (χ0) is 23.9. The smallest absolute Gasteiger partial charge is 0.228 e. The molecule has 1 saturated heterocycles. The molecule has 0 saturated carbocycles. The van der Waals surface area contributed by atoms with Crippen LogP contribution in [0.4, 0.5) is 9.52 Å². The standard InChI is InChI=1S/C25H29ClFN3O2S2.ClH/c1-18-16-19(26)17-22-24(18)28-25(34-22)30(10-3-9-29-11-13-32-14-12-29)23(31)4-2-15-33-21-7-5-20(27)6-8-21;/h5-8,16-17H,2-4,9-15H2,1H3;1H. The van der Waals surface area contributed by atoms with Crippen molar-refractivity contribution in [2.45, 2.75) is 31.1 Å². The van der Waals surface area contributed by atoms with Crippen LogP contribution in [-0.4, -0.2) is 60.9 Å². The predicted octanol–water partition coefficient (Wildman–Crippen LogP) is 6.45. The van der Waals surface area contributed by atoms with Gasteiger partial charge in [-0.05, 0) is 67.5 Å². The number of thioether (sulfide) groups is 1. The number of nitrogens with zero attached hydrogens (tertiary/aromatic N) is 3. The number of carbonyl (C=O) groups excluding carboxylic acids is 1. The Hall–Kier alpha value is -1.42. The first-order chi connectivity index (χ1) is 16.5. The number of benzene rings is 2. The Morgan fingerprint density at radius 1 is 1.23 bits per heavy atom. The highest BCUT2D eigenvalue weighted by Crippen LogP contribution is 2.33. The summed E-state index contributed by atoms with van der Waals surface area (Å²) in [4.78, 5) is 23.3. The number of thiazole rings is 1. The van der Waals surface area contributed by atoms with Crippen LogP contribution >= 0.6 is 47.1 Å². The van der Waals surface area contributed by atoms with E-state index >= 15 is 0 Å². The molecule has 1 amide bonds. The Labute approximate surface area is 225 Å². The third-order valence-electron chi connectivity index (χ3n) is 5.75. The fraction of sp³-hybridized carbons (Fsp3) is 0.440. The Morgan fingerprint density at radius 2 is 1.97 bits per heavy atom. The molecule has 35 heavy (non-hydrogen) atoms. The molecule has 0 bridgehead atoms. The number of halogens is 3. The molecule has 5 nitrogen and oxygen atoms in total. The maximum Gasteiger partial charge on any atom is 0.228 e. The molecule has 0 radical (unpaired) electrons. The quantitative estimate of drug-likeness (QED) is 0.212. The molecule has 10 heteroatoms. The predicted molar refractivity (Wildman–Crippen MR) is 147 cm³/mol. The largest absolute Gasteiger partial charge is 0.379 e. The van der Waals surface area contributed by atoms with Crippen LogP contribution in [0.3, 0.4) is 0 Å². The average molecular weight is 559 g/mol. The van der Waals surface area contributed by atoms with E-state index in [2.05, 4.69) is 4.90 Å². The van der Waals surface area contributed by atoms with E-state index in [1.54, 1.807) is 23.9 Å². The van der Waals surface area contributed by atoms with Gasteiger partial charge in [-0.3, -0.25) is 14.6 Å². The molecule has 2 aromatic carbocycles. The Morgan fingerprint density at radius 3 is 2.71 bits per heavy atom. The topological polar surface area (TPSA) is 45.7 Å². The van der Waals surface area contributed by atoms with Gasteiger partial charge in [-0.25, -0.2) is 9.37 Å². The molecule has 4 rings (SSSR count). The fourth-order valence-electron chi connectivity index (χ4n) is 3.94. The van der Waals surface area contributed by atoms with Crippen molar-refractivity contribution in [3.05, 3.63) is 52.8 Å². The number of anilines is 1. The summed E-state index contributed by atoms with van der Waals surface area (Å²) in [6.45, 7) is 6.98. The van der Waals surface area contributed by atoms with Gasteiger partial charge in [0.1, 0.15) is 5.82 Å². The average Bonchev–Trinajstić information content (AvgIpc) is 3.25. The van der Waals surface area contributed by atoms with Crippen LogP contribution in [0.1, 0.15) is 24.8 Å². The highest BCUT2D eigenvalue weighted by atomic mass is 35.5. The monoisotopic (exact) mass is 557 g/mol. The first-order valence-corrected chi connectivity index (χ1v) is 13.7. The molecule has 190 valence electrons. The maximum absolute atomic E-state index is 13.3. The second-order valence-corrected chi connectivity index (χ2v) is 10.9. The van der Waals surface area contributed by atoms with Crippen molar-refractivity contribution in [2.75, 3.05) is 50.0 Å². The van der Waals surface area contributed by atoms with E-state index in [0.717, 1.165) is 77.2 Å². The van der Waals surface area contributed by atoms with Gasteiger partial charge in [0, 0.05) is 42.5 Å². The summed E-state index contributed by atoms with van der Waals surface area (Å²) >= 11 is 9.41. The van der Waals surface area contributed by atoms with Crippen molar-refractivity contribution in [3.8, 4) is 0 Å². The van der Waals surface area contributed by atoms with Crippen LogP contribution in [0.5, 0.6) is 0 Å². The summed E-state index contributed by atoms with van der Waals surface area (Å²) in [5.41, 5.74) is 1.92. The molecule has 0 unspecified atom stereocenters. The van der Waals surface area contributed by atoms with E-state index in [1.165, 1.54) is 23.5 Å². The van der Waals surface area contributed by atoms with Crippen molar-refractivity contribution in [1.29, 1.82) is 0 Å². The first kappa shape index (κ1) is 28.2. The minimum atomic E-state index is -0.236. The van der Waals surface area contributed by atoms with Gasteiger partial charge in [0.25, 0.3) is 0 Å². The van der Waals surface area contributed by atoms with Crippen molar-refractivity contribution in [1.82, 2.24) is 9.88 Å². The summed E-state index contributed by atoms with van der Waals surface area (Å²) in [6.07, 6.45) is 2.07. The van der Waals surface area contributed by atoms with Crippen LogP contribution in [0.15, 0.2) is 41.3 Å². The van der Waals surface area contributed by atoms with Gasteiger partial charge in [0.15, 0.2) is 5.13 Å². The van der Waals surface area contributed by atoms with Crippen molar-refractivity contribution < 1.29 is 13.9 Å². The lowest BCUT2D eigenvalue weighted by Gasteiger charge is -2.27. The van der Waals surface area contributed by atoms with Crippen LogP contribution in [-0.2, 0) is 9.53 Å². The van der Waals surface area contributed by atoms with Gasteiger partial charge < -0.3 is 4.74 Å². The molecule has 0 aliphatic carbocycles. The molecule has 1 aromatic heterocycles. The summed E-state index contributed by atoms with van der Waals surface area (Å²) in [5.74, 6) is 0.650. The minimum Gasteiger partial charge on any atom is -0.379 e. The molecule has 0 spiro atoms. The molecule has 3 aromatic rings.